The van der Waals surface area contributed by atoms with Gasteiger partial charge >= 0.3 is 0 Å². The number of aliphatic hydroxyl groups is 3. The van der Waals surface area contributed by atoms with Crippen molar-refractivity contribution in [3.8, 4) is 0 Å². The highest BCUT2D eigenvalue weighted by Crippen LogP contribution is 2.59. The van der Waals surface area contributed by atoms with Crippen LogP contribution in [0.1, 0.15) is 82.9 Å². The van der Waals surface area contributed by atoms with Crippen LogP contribution < -0.4 is 0 Å². The number of aliphatic hydroxyl groups excluding tert-OH is 3. The van der Waals surface area contributed by atoms with Crippen LogP contribution in [-0.4, -0.2) is 38.6 Å². The van der Waals surface area contributed by atoms with Crippen molar-refractivity contribution in [2.75, 3.05) is 0 Å². The molecule has 4 heteroatoms. The van der Waals surface area contributed by atoms with Gasteiger partial charge in [-0.1, -0.05) is 56.4 Å². The largest absolute Gasteiger partial charge is 0.393 e. The molecule has 1 heterocycles. The van der Waals surface area contributed by atoms with E-state index in [-0.39, 0.29) is 10.8 Å². The second-order valence-electron chi connectivity index (χ2n) is 12.7. The molecule has 4 aliphatic carbocycles. The quantitative estimate of drug-likeness (QED) is 0.409. The van der Waals surface area contributed by atoms with Crippen molar-refractivity contribution in [1.29, 1.82) is 0 Å². The molecule has 1 aromatic heterocycles. The fourth-order valence-corrected chi connectivity index (χ4v) is 7.81. The first-order chi connectivity index (χ1) is 17.6. The number of hydrogen-bond donors (Lipinski definition) is 3. The van der Waals surface area contributed by atoms with Crippen LogP contribution in [-0.2, 0) is 5.41 Å². The molecule has 0 saturated heterocycles. The van der Waals surface area contributed by atoms with Crippen LogP contribution in [0.4, 0.5) is 0 Å². The van der Waals surface area contributed by atoms with Crippen LogP contribution in [0.2, 0.25) is 0 Å². The van der Waals surface area contributed by atoms with Gasteiger partial charge in [-0.05, 0) is 104 Å². The van der Waals surface area contributed by atoms with Gasteiger partial charge in [0.1, 0.15) is 0 Å². The van der Waals surface area contributed by atoms with Gasteiger partial charge in [0.15, 0.2) is 0 Å². The third kappa shape index (κ3) is 5.05. The summed E-state index contributed by atoms with van der Waals surface area (Å²) in [5.41, 5.74) is 5.50. The Balaban J connectivity index is 1.28. The Kier molecular flexibility index (Phi) is 7.39. The number of pyridine rings is 1. The topological polar surface area (TPSA) is 73.6 Å². The Labute approximate surface area is 222 Å². The number of aromatic nitrogens is 1. The minimum absolute atomic E-state index is 0.204. The monoisotopic (exact) mass is 503 g/mol. The van der Waals surface area contributed by atoms with Gasteiger partial charge in [0.05, 0.1) is 18.3 Å². The smallest absolute Gasteiger partial charge is 0.0832 e. The van der Waals surface area contributed by atoms with Gasteiger partial charge < -0.3 is 15.3 Å². The van der Waals surface area contributed by atoms with E-state index in [0.717, 1.165) is 41.7 Å². The predicted octanol–water partition coefficient (Wildman–Crippen LogP) is 6.12. The Morgan fingerprint density at radius 3 is 2.59 bits per heavy atom. The molecule has 4 fully saturated rings. The maximum absolute atomic E-state index is 11.2. The number of allylic oxidation sites excluding steroid dienone is 4. The summed E-state index contributed by atoms with van der Waals surface area (Å²) in [7, 11) is 0. The molecule has 1 aromatic rings. The molecular formula is C33H45NO3. The third-order valence-electron chi connectivity index (χ3n) is 10.3. The molecule has 4 aliphatic rings. The van der Waals surface area contributed by atoms with Gasteiger partial charge in [-0.2, -0.15) is 0 Å². The third-order valence-corrected chi connectivity index (χ3v) is 10.3. The number of nitrogens with zero attached hydrogens (tertiary/aromatic N) is 1. The molecule has 0 aromatic carbocycles. The lowest BCUT2D eigenvalue weighted by Crippen LogP contribution is -2.35. The Morgan fingerprint density at radius 2 is 1.89 bits per heavy atom. The van der Waals surface area contributed by atoms with Crippen LogP contribution >= 0.6 is 0 Å². The molecule has 4 saturated carbocycles. The average Bonchev–Trinajstić information content (AvgIpc) is 3.60. The van der Waals surface area contributed by atoms with Crippen LogP contribution in [0.3, 0.4) is 0 Å². The lowest BCUT2D eigenvalue weighted by molar-refractivity contribution is 0.0862. The fourth-order valence-electron chi connectivity index (χ4n) is 7.81. The summed E-state index contributed by atoms with van der Waals surface area (Å²) in [5, 5.41) is 31.5. The second-order valence-corrected chi connectivity index (χ2v) is 12.7. The highest BCUT2D eigenvalue weighted by atomic mass is 16.3. The zero-order valence-electron chi connectivity index (χ0n) is 22.9. The number of fused-ring (bicyclic) bond motifs is 1. The SMILES string of the molecule is C=C1C(=CC=C2CCC[C@]3(C)[C@@H]([C@H](C)C=C[C@@H](O)C4(c5ccc(C)cn5)CC4)CC[C@@H]23)C[C@@H](O)C[C@@H]1O. The van der Waals surface area contributed by atoms with E-state index in [0.29, 0.717) is 30.6 Å². The molecule has 37 heavy (non-hydrogen) atoms. The highest BCUT2D eigenvalue weighted by molar-refractivity contribution is 5.39. The van der Waals surface area contributed by atoms with E-state index in [9.17, 15) is 15.3 Å². The lowest BCUT2D eigenvalue weighted by atomic mass is 9.61. The van der Waals surface area contributed by atoms with E-state index in [2.05, 4.69) is 61.8 Å². The summed E-state index contributed by atoms with van der Waals surface area (Å²) in [6.45, 7) is 10.9. The fraction of sp³-hybridized carbons (Fsp3) is 0.606. The van der Waals surface area contributed by atoms with E-state index >= 15 is 0 Å². The van der Waals surface area contributed by atoms with Gasteiger partial charge in [0.2, 0.25) is 0 Å². The first-order valence-corrected chi connectivity index (χ1v) is 14.4. The molecule has 0 aliphatic heterocycles. The zero-order valence-corrected chi connectivity index (χ0v) is 22.9. The minimum atomic E-state index is -0.638. The van der Waals surface area contributed by atoms with Gasteiger partial charge in [-0.3, -0.25) is 4.98 Å². The van der Waals surface area contributed by atoms with Crippen LogP contribution in [0.5, 0.6) is 0 Å². The summed E-state index contributed by atoms with van der Waals surface area (Å²) >= 11 is 0. The molecule has 7 atom stereocenters. The summed E-state index contributed by atoms with van der Waals surface area (Å²) in [6.07, 6.45) is 18.0. The number of rotatable bonds is 6. The van der Waals surface area contributed by atoms with E-state index < -0.39 is 18.3 Å². The van der Waals surface area contributed by atoms with Gasteiger partial charge in [-0.25, -0.2) is 0 Å². The molecule has 0 radical (unpaired) electrons. The normalized spacial score (nSPS) is 37.2. The molecule has 3 N–H and O–H groups in total. The van der Waals surface area contributed by atoms with E-state index in [1.54, 1.807) is 0 Å². The summed E-state index contributed by atoms with van der Waals surface area (Å²) < 4.78 is 0. The van der Waals surface area contributed by atoms with Gasteiger partial charge in [0.25, 0.3) is 0 Å². The lowest BCUT2D eigenvalue weighted by Gasteiger charge is -2.44. The molecule has 200 valence electrons. The molecule has 0 spiro atoms. The summed E-state index contributed by atoms with van der Waals surface area (Å²) in [6, 6.07) is 4.18. The first-order valence-electron chi connectivity index (χ1n) is 14.4. The van der Waals surface area contributed by atoms with Crippen molar-refractivity contribution in [1.82, 2.24) is 4.98 Å². The Morgan fingerprint density at radius 1 is 1.11 bits per heavy atom. The van der Waals surface area contributed by atoms with Crippen molar-refractivity contribution in [2.45, 2.75) is 102 Å². The number of hydrogen-bond acceptors (Lipinski definition) is 4. The maximum Gasteiger partial charge on any atom is 0.0832 e. The molecule has 0 unspecified atom stereocenters. The van der Waals surface area contributed by atoms with Crippen molar-refractivity contribution in [3.63, 3.8) is 0 Å². The van der Waals surface area contributed by atoms with Crippen LogP contribution in [0.25, 0.3) is 0 Å². The maximum atomic E-state index is 11.2. The molecule has 4 nitrogen and oxygen atoms in total. The molecular weight excluding hydrogens is 458 g/mol. The second kappa shape index (κ2) is 10.3. The van der Waals surface area contributed by atoms with Crippen LogP contribution in [0.15, 0.2) is 65.9 Å². The molecule has 5 rings (SSSR count). The van der Waals surface area contributed by atoms with Crippen molar-refractivity contribution >= 4 is 0 Å². The average molecular weight is 504 g/mol. The molecule has 0 amide bonds. The minimum Gasteiger partial charge on any atom is -0.393 e. The summed E-state index contributed by atoms with van der Waals surface area (Å²) in [5.74, 6) is 1.58. The van der Waals surface area contributed by atoms with E-state index in [4.69, 9.17) is 0 Å². The summed E-state index contributed by atoms with van der Waals surface area (Å²) in [4.78, 5) is 4.64. The van der Waals surface area contributed by atoms with Crippen molar-refractivity contribution in [3.05, 3.63) is 77.2 Å². The number of aryl methyl sites for hydroxylation is 1. The van der Waals surface area contributed by atoms with Gasteiger partial charge in [0, 0.05) is 23.7 Å². The molecule has 0 bridgehead atoms. The van der Waals surface area contributed by atoms with E-state index in [1.165, 1.54) is 31.3 Å². The highest BCUT2D eigenvalue weighted by Gasteiger charge is 2.52. The predicted molar refractivity (Wildman–Crippen MR) is 149 cm³/mol. The van der Waals surface area contributed by atoms with Crippen molar-refractivity contribution in [2.24, 2.45) is 23.2 Å². The Hall–Kier alpha value is -2.01. The van der Waals surface area contributed by atoms with Crippen LogP contribution in [0, 0.1) is 30.1 Å². The van der Waals surface area contributed by atoms with E-state index in [1.807, 2.05) is 13.1 Å². The first kappa shape index (κ1) is 26.6. The standard InChI is InChI=1S/C33H45NO3/c1-21-7-13-30(34-20-21)33(16-17-33)31(37)14-8-22(2)27-11-12-28-24(6-5-15-32(27,28)4)9-10-25-18-26(35)19-29(36)23(25)3/h7-10,13-14,20,22,26-29,31,35-37H,3,5-6,11-12,15-19H2,1-2,4H3/t22-,26-,27-,28+,29+,31-,32-/m1/s1. The zero-order chi connectivity index (χ0) is 26.4. The van der Waals surface area contributed by atoms with Gasteiger partial charge in [-0.15, -0.1) is 0 Å². The van der Waals surface area contributed by atoms with Crippen molar-refractivity contribution < 1.29 is 15.3 Å². The Bertz CT molecular complexity index is 1100.